The van der Waals surface area contributed by atoms with Crippen LogP contribution in [0.25, 0.3) is 0 Å². The topological polar surface area (TPSA) is 58.6 Å². The van der Waals surface area contributed by atoms with Crippen molar-refractivity contribution in [1.82, 2.24) is 10.2 Å². The fourth-order valence-electron chi connectivity index (χ4n) is 2.80. The van der Waals surface area contributed by atoms with Crippen molar-refractivity contribution in [2.45, 2.75) is 24.9 Å². The number of rotatable bonds is 3. The number of hydrogen-bond donors (Lipinski definition) is 1. The zero-order valence-corrected chi connectivity index (χ0v) is 11.2. The molecule has 106 valence electrons. The van der Waals surface area contributed by atoms with Gasteiger partial charge in [-0.25, -0.2) is 0 Å². The van der Waals surface area contributed by atoms with E-state index in [1.54, 1.807) is 4.90 Å². The van der Waals surface area contributed by atoms with E-state index in [0.29, 0.717) is 19.6 Å². The average Bonchev–Trinajstić information content (AvgIpc) is 2.97. The molecule has 0 radical (unpaired) electrons. The lowest BCUT2D eigenvalue weighted by atomic mass is 10.0. The summed E-state index contributed by atoms with van der Waals surface area (Å²) in [6.07, 6.45) is 1.35. The normalized spacial score (nSPS) is 26.7. The Hall–Kier alpha value is -1.88. The van der Waals surface area contributed by atoms with Crippen molar-refractivity contribution in [2.24, 2.45) is 0 Å². The molecular weight excluding hydrogens is 256 g/mol. The molecule has 2 aliphatic heterocycles. The molecule has 2 saturated heterocycles. The van der Waals surface area contributed by atoms with Crippen LogP contribution in [0.3, 0.4) is 0 Å². The van der Waals surface area contributed by atoms with E-state index < -0.39 is 6.04 Å². The molecule has 2 aliphatic rings. The lowest BCUT2D eigenvalue weighted by Gasteiger charge is -2.35. The Bertz CT molecular complexity index is 497. The van der Waals surface area contributed by atoms with Crippen LogP contribution in [0.4, 0.5) is 0 Å². The van der Waals surface area contributed by atoms with Crippen LogP contribution in [-0.4, -0.2) is 48.6 Å². The second-order valence-electron chi connectivity index (χ2n) is 5.29. The molecule has 1 aromatic rings. The number of ether oxygens (including phenoxy) is 1. The van der Waals surface area contributed by atoms with Gasteiger partial charge in [-0.15, -0.1) is 0 Å². The van der Waals surface area contributed by atoms with Crippen LogP contribution in [0.5, 0.6) is 0 Å². The zero-order chi connectivity index (χ0) is 13.9. The molecule has 2 heterocycles. The molecule has 1 N–H and O–H groups in total. The monoisotopic (exact) mass is 274 g/mol. The van der Waals surface area contributed by atoms with Crippen LogP contribution in [0.1, 0.15) is 12.0 Å². The molecule has 0 aliphatic carbocycles. The number of carbonyl (C=O) groups is 2. The fraction of sp³-hybridized carbons (Fsp3) is 0.467. The number of carbonyl (C=O) groups excluding carboxylic acids is 2. The molecule has 5 heteroatoms. The molecule has 2 atom stereocenters. The molecule has 0 aromatic heterocycles. The molecule has 0 bridgehead atoms. The van der Waals surface area contributed by atoms with E-state index in [4.69, 9.17) is 4.74 Å². The van der Waals surface area contributed by atoms with E-state index >= 15 is 0 Å². The Morgan fingerprint density at radius 3 is 2.75 bits per heavy atom. The van der Waals surface area contributed by atoms with Gasteiger partial charge in [0.05, 0.1) is 19.2 Å². The molecule has 3 rings (SSSR count). The van der Waals surface area contributed by atoms with Crippen molar-refractivity contribution in [3.8, 4) is 0 Å². The number of benzene rings is 1. The molecule has 2 amide bonds. The highest BCUT2D eigenvalue weighted by molar-refractivity contribution is 5.95. The number of hydrogen-bond acceptors (Lipinski definition) is 3. The highest BCUT2D eigenvalue weighted by Gasteiger charge is 2.37. The summed E-state index contributed by atoms with van der Waals surface area (Å²) in [6.45, 7) is 1.36. The molecule has 20 heavy (non-hydrogen) atoms. The van der Waals surface area contributed by atoms with Crippen LogP contribution in [-0.2, 0) is 20.7 Å². The van der Waals surface area contributed by atoms with Crippen molar-refractivity contribution in [2.75, 3.05) is 19.8 Å². The van der Waals surface area contributed by atoms with Gasteiger partial charge in [-0.3, -0.25) is 9.59 Å². The van der Waals surface area contributed by atoms with E-state index in [9.17, 15) is 9.59 Å². The van der Waals surface area contributed by atoms with Crippen LogP contribution in [0.2, 0.25) is 0 Å². The van der Waals surface area contributed by atoms with Gasteiger partial charge in [-0.2, -0.15) is 0 Å². The third-order valence-electron chi connectivity index (χ3n) is 3.86. The second kappa shape index (κ2) is 5.63. The van der Waals surface area contributed by atoms with Gasteiger partial charge in [0.25, 0.3) is 0 Å². The van der Waals surface area contributed by atoms with Gasteiger partial charge in [0.15, 0.2) is 0 Å². The van der Waals surface area contributed by atoms with Crippen LogP contribution < -0.4 is 5.32 Å². The van der Waals surface area contributed by atoms with Crippen molar-refractivity contribution in [3.63, 3.8) is 0 Å². The van der Waals surface area contributed by atoms with Crippen LogP contribution in [0, 0.1) is 0 Å². The lowest BCUT2D eigenvalue weighted by Crippen LogP contribution is -2.61. The third kappa shape index (κ3) is 2.67. The zero-order valence-electron chi connectivity index (χ0n) is 11.2. The SMILES string of the molecule is O=C1CN(C2CCOC2)C(=O)C(Cc2ccccc2)N1. The molecule has 0 spiro atoms. The Balaban J connectivity index is 1.73. The largest absolute Gasteiger partial charge is 0.379 e. The maximum absolute atomic E-state index is 12.5. The number of piperazine rings is 1. The molecule has 0 saturated carbocycles. The maximum Gasteiger partial charge on any atom is 0.246 e. The summed E-state index contributed by atoms with van der Waals surface area (Å²) in [5.41, 5.74) is 1.05. The minimum atomic E-state index is -0.459. The summed E-state index contributed by atoms with van der Waals surface area (Å²) >= 11 is 0. The van der Waals surface area contributed by atoms with Crippen molar-refractivity contribution >= 4 is 11.8 Å². The van der Waals surface area contributed by atoms with Crippen molar-refractivity contribution in [1.29, 1.82) is 0 Å². The smallest absolute Gasteiger partial charge is 0.246 e. The summed E-state index contributed by atoms with van der Waals surface area (Å²) in [6, 6.07) is 9.34. The minimum absolute atomic E-state index is 0.00366. The average molecular weight is 274 g/mol. The first-order valence-corrected chi connectivity index (χ1v) is 6.95. The van der Waals surface area contributed by atoms with Crippen molar-refractivity contribution in [3.05, 3.63) is 35.9 Å². The molecule has 2 fully saturated rings. The first-order valence-electron chi connectivity index (χ1n) is 6.95. The van der Waals surface area contributed by atoms with Crippen LogP contribution in [0.15, 0.2) is 30.3 Å². The van der Waals surface area contributed by atoms with Gasteiger partial charge >= 0.3 is 0 Å². The first-order chi connectivity index (χ1) is 9.74. The Kier molecular flexibility index (Phi) is 3.69. The molecule has 5 nitrogen and oxygen atoms in total. The summed E-state index contributed by atoms with van der Waals surface area (Å²) in [5, 5.41) is 2.80. The standard InChI is InChI=1S/C15H18N2O3/c18-14-9-17(12-6-7-20-10-12)15(19)13(16-14)8-11-4-2-1-3-5-11/h1-5,12-13H,6-10H2,(H,16,18). The minimum Gasteiger partial charge on any atom is -0.379 e. The number of nitrogens with zero attached hydrogens (tertiary/aromatic N) is 1. The lowest BCUT2D eigenvalue weighted by molar-refractivity contribution is -0.146. The number of nitrogens with one attached hydrogen (secondary N) is 1. The summed E-state index contributed by atoms with van der Waals surface area (Å²) in [4.78, 5) is 26.0. The van der Waals surface area contributed by atoms with Gasteiger partial charge in [0.2, 0.25) is 11.8 Å². The Morgan fingerprint density at radius 1 is 1.25 bits per heavy atom. The highest BCUT2D eigenvalue weighted by Crippen LogP contribution is 2.17. The van der Waals surface area contributed by atoms with E-state index in [1.807, 2.05) is 30.3 Å². The Labute approximate surface area is 117 Å². The van der Waals surface area contributed by atoms with E-state index in [0.717, 1.165) is 12.0 Å². The predicted octanol–water partition coefficient (Wildman–Crippen LogP) is 0.345. The van der Waals surface area contributed by atoms with Gasteiger partial charge in [0, 0.05) is 13.0 Å². The van der Waals surface area contributed by atoms with Gasteiger partial charge in [0.1, 0.15) is 6.04 Å². The van der Waals surface area contributed by atoms with Gasteiger partial charge < -0.3 is 15.0 Å². The number of amides is 2. The summed E-state index contributed by atoms with van der Waals surface area (Å²) in [7, 11) is 0. The molecule has 1 aromatic carbocycles. The van der Waals surface area contributed by atoms with Crippen LogP contribution >= 0.6 is 0 Å². The van der Waals surface area contributed by atoms with Gasteiger partial charge in [-0.1, -0.05) is 30.3 Å². The quantitative estimate of drug-likeness (QED) is 0.865. The first kappa shape index (κ1) is 13.1. The molecular formula is C15H18N2O3. The summed E-state index contributed by atoms with van der Waals surface area (Å²) < 4.78 is 5.32. The second-order valence-corrected chi connectivity index (χ2v) is 5.29. The summed E-state index contributed by atoms with van der Waals surface area (Å²) in [5.74, 6) is -0.0821. The van der Waals surface area contributed by atoms with Gasteiger partial charge in [-0.05, 0) is 12.0 Å². The highest BCUT2D eigenvalue weighted by atomic mass is 16.5. The maximum atomic E-state index is 12.5. The molecule has 2 unspecified atom stereocenters. The van der Waals surface area contributed by atoms with Crippen molar-refractivity contribution < 1.29 is 14.3 Å². The van der Waals surface area contributed by atoms with E-state index in [2.05, 4.69) is 5.32 Å². The third-order valence-corrected chi connectivity index (χ3v) is 3.86. The Morgan fingerprint density at radius 2 is 2.05 bits per heavy atom. The van der Waals surface area contributed by atoms with E-state index in [-0.39, 0.29) is 24.4 Å². The predicted molar refractivity (Wildman–Crippen MR) is 73.0 cm³/mol. The fourth-order valence-corrected chi connectivity index (χ4v) is 2.80. The van der Waals surface area contributed by atoms with E-state index in [1.165, 1.54) is 0 Å².